The molecule has 3 heteroatoms. The Labute approximate surface area is 130 Å². The van der Waals surface area contributed by atoms with Crippen molar-refractivity contribution in [3.8, 4) is 5.75 Å². The van der Waals surface area contributed by atoms with Gasteiger partial charge in [-0.2, -0.15) is 0 Å². The van der Waals surface area contributed by atoms with Gasteiger partial charge in [-0.1, -0.05) is 39.3 Å². The molecule has 0 saturated heterocycles. The summed E-state index contributed by atoms with van der Waals surface area (Å²) in [6, 6.07) is 8.31. The SMILES string of the molecule is CCC(C)CC(CC)(CN)N(C)Cc1ccc(OC)cc1. The van der Waals surface area contributed by atoms with Crippen LogP contribution in [0.3, 0.4) is 0 Å². The van der Waals surface area contributed by atoms with Crippen molar-refractivity contribution < 1.29 is 4.74 Å². The summed E-state index contributed by atoms with van der Waals surface area (Å²) in [5.41, 5.74) is 7.55. The van der Waals surface area contributed by atoms with Crippen LogP contribution in [-0.4, -0.2) is 31.1 Å². The molecule has 2 N–H and O–H groups in total. The number of rotatable bonds is 9. The van der Waals surface area contributed by atoms with Crippen LogP contribution in [-0.2, 0) is 6.54 Å². The molecule has 0 aliphatic heterocycles. The number of likely N-dealkylation sites (N-methyl/N-ethyl adjacent to an activating group) is 1. The molecule has 2 atom stereocenters. The monoisotopic (exact) mass is 292 g/mol. The van der Waals surface area contributed by atoms with Crippen LogP contribution in [0.4, 0.5) is 0 Å². The zero-order valence-electron chi connectivity index (χ0n) is 14.4. The summed E-state index contributed by atoms with van der Waals surface area (Å²) in [6.45, 7) is 8.46. The highest BCUT2D eigenvalue weighted by Gasteiger charge is 2.32. The van der Waals surface area contributed by atoms with Gasteiger partial charge in [-0.3, -0.25) is 4.90 Å². The first-order valence-corrected chi connectivity index (χ1v) is 8.05. The predicted molar refractivity (Wildman–Crippen MR) is 90.6 cm³/mol. The molecule has 2 unspecified atom stereocenters. The Morgan fingerprint density at radius 3 is 2.29 bits per heavy atom. The third kappa shape index (κ3) is 4.72. The van der Waals surface area contributed by atoms with Crippen LogP contribution < -0.4 is 10.5 Å². The molecule has 1 aromatic carbocycles. The van der Waals surface area contributed by atoms with E-state index in [0.717, 1.165) is 25.1 Å². The van der Waals surface area contributed by atoms with Gasteiger partial charge in [0.2, 0.25) is 0 Å². The van der Waals surface area contributed by atoms with Crippen LogP contribution in [0, 0.1) is 5.92 Å². The quantitative estimate of drug-likeness (QED) is 0.754. The van der Waals surface area contributed by atoms with Gasteiger partial charge in [0.25, 0.3) is 0 Å². The molecule has 0 fully saturated rings. The van der Waals surface area contributed by atoms with E-state index in [0.29, 0.717) is 12.5 Å². The van der Waals surface area contributed by atoms with Crippen LogP contribution in [0.15, 0.2) is 24.3 Å². The highest BCUT2D eigenvalue weighted by atomic mass is 16.5. The lowest BCUT2D eigenvalue weighted by Gasteiger charge is -2.42. The van der Waals surface area contributed by atoms with Crippen molar-refractivity contribution >= 4 is 0 Å². The van der Waals surface area contributed by atoms with Gasteiger partial charge >= 0.3 is 0 Å². The second kappa shape index (κ2) is 8.40. The summed E-state index contributed by atoms with van der Waals surface area (Å²) in [4.78, 5) is 2.43. The molecule has 0 bridgehead atoms. The molecule has 3 nitrogen and oxygen atoms in total. The Bertz CT molecular complexity index is 398. The molecular formula is C18H32N2O. The normalized spacial score (nSPS) is 15.8. The lowest BCUT2D eigenvalue weighted by Crippen LogP contribution is -2.52. The van der Waals surface area contributed by atoms with Gasteiger partial charge in [0.15, 0.2) is 0 Å². The lowest BCUT2D eigenvalue weighted by molar-refractivity contribution is 0.0855. The maximum absolute atomic E-state index is 6.16. The van der Waals surface area contributed by atoms with Crippen molar-refractivity contribution in [1.29, 1.82) is 0 Å². The Kier molecular flexibility index (Phi) is 7.20. The number of nitrogens with two attached hydrogens (primary N) is 1. The first-order chi connectivity index (χ1) is 10.0. The standard InChI is InChI=1S/C18H32N2O/c1-6-15(3)12-18(7-2,14-19)20(4)13-16-8-10-17(21-5)11-9-16/h8-11,15H,6-7,12-14,19H2,1-5H3. The van der Waals surface area contributed by atoms with Gasteiger partial charge < -0.3 is 10.5 Å². The van der Waals surface area contributed by atoms with Crippen molar-refractivity contribution in [2.75, 3.05) is 20.7 Å². The molecule has 0 aliphatic carbocycles. The van der Waals surface area contributed by atoms with Crippen LogP contribution in [0.25, 0.3) is 0 Å². The van der Waals surface area contributed by atoms with Crippen molar-refractivity contribution in [2.24, 2.45) is 11.7 Å². The van der Waals surface area contributed by atoms with Gasteiger partial charge in [-0.15, -0.1) is 0 Å². The second-order valence-electron chi connectivity index (χ2n) is 6.20. The fraction of sp³-hybridized carbons (Fsp3) is 0.667. The van der Waals surface area contributed by atoms with E-state index in [1.54, 1.807) is 7.11 Å². The number of hydrogen-bond acceptors (Lipinski definition) is 3. The largest absolute Gasteiger partial charge is 0.497 e. The Morgan fingerprint density at radius 2 is 1.86 bits per heavy atom. The van der Waals surface area contributed by atoms with Crippen molar-refractivity contribution in [2.45, 2.75) is 52.1 Å². The summed E-state index contributed by atoms with van der Waals surface area (Å²) in [7, 11) is 3.90. The van der Waals surface area contributed by atoms with Crippen LogP contribution in [0.1, 0.15) is 45.6 Å². The van der Waals surface area contributed by atoms with Gasteiger partial charge in [0, 0.05) is 18.6 Å². The average Bonchev–Trinajstić information content (AvgIpc) is 2.53. The number of hydrogen-bond donors (Lipinski definition) is 1. The summed E-state index contributed by atoms with van der Waals surface area (Å²) in [6.07, 6.45) is 3.45. The Morgan fingerprint density at radius 1 is 1.24 bits per heavy atom. The Balaban J connectivity index is 2.82. The van der Waals surface area contributed by atoms with Gasteiger partial charge in [0.1, 0.15) is 5.75 Å². The average molecular weight is 292 g/mol. The van der Waals surface area contributed by atoms with Crippen molar-refractivity contribution in [1.82, 2.24) is 4.90 Å². The van der Waals surface area contributed by atoms with Gasteiger partial charge in [-0.05, 0) is 43.5 Å². The molecule has 0 aliphatic rings. The summed E-state index contributed by atoms with van der Waals surface area (Å²) < 4.78 is 5.22. The van der Waals surface area contributed by atoms with E-state index in [9.17, 15) is 0 Å². The third-order valence-electron chi connectivity index (χ3n) is 4.85. The smallest absolute Gasteiger partial charge is 0.118 e. The predicted octanol–water partition coefficient (Wildman–Crippen LogP) is 3.67. The van der Waals surface area contributed by atoms with E-state index in [4.69, 9.17) is 10.5 Å². The molecule has 0 radical (unpaired) electrons. The molecular weight excluding hydrogens is 260 g/mol. The summed E-state index contributed by atoms with van der Waals surface area (Å²) >= 11 is 0. The number of methoxy groups -OCH3 is 1. The van der Waals surface area contributed by atoms with Crippen LogP contribution in [0.5, 0.6) is 5.75 Å². The first-order valence-electron chi connectivity index (χ1n) is 8.05. The molecule has 0 aromatic heterocycles. The number of nitrogens with zero attached hydrogens (tertiary/aromatic N) is 1. The molecule has 0 amide bonds. The molecule has 0 saturated carbocycles. The third-order valence-corrected chi connectivity index (χ3v) is 4.85. The second-order valence-corrected chi connectivity index (χ2v) is 6.20. The van der Waals surface area contributed by atoms with E-state index in [2.05, 4.69) is 44.9 Å². The minimum Gasteiger partial charge on any atom is -0.497 e. The summed E-state index contributed by atoms with van der Waals surface area (Å²) in [5, 5.41) is 0. The van der Waals surface area contributed by atoms with Crippen molar-refractivity contribution in [3.05, 3.63) is 29.8 Å². The highest BCUT2D eigenvalue weighted by Crippen LogP contribution is 2.29. The molecule has 1 rings (SSSR count). The molecule has 21 heavy (non-hydrogen) atoms. The summed E-state index contributed by atoms with van der Waals surface area (Å²) in [5.74, 6) is 1.61. The molecule has 0 heterocycles. The van der Waals surface area contributed by atoms with Gasteiger partial charge in [-0.25, -0.2) is 0 Å². The van der Waals surface area contributed by atoms with Crippen LogP contribution in [0.2, 0.25) is 0 Å². The van der Waals surface area contributed by atoms with E-state index in [1.165, 1.54) is 12.0 Å². The zero-order chi connectivity index (χ0) is 15.9. The first kappa shape index (κ1) is 18.0. The maximum Gasteiger partial charge on any atom is 0.118 e. The number of ether oxygens (including phenoxy) is 1. The van der Waals surface area contributed by atoms with E-state index in [1.807, 2.05) is 12.1 Å². The minimum absolute atomic E-state index is 0.0926. The lowest BCUT2D eigenvalue weighted by atomic mass is 9.83. The fourth-order valence-corrected chi connectivity index (χ4v) is 2.92. The maximum atomic E-state index is 6.16. The molecule has 0 spiro atoms. The van der Waals surface area contributed by atoms with E-state index < -0.39 is 0 Å². The molecule has 1 aromatic rings. The van der Waals surface area contributed by atoms with Gasteiger partial charge in [0.05, 0.1) is 7.11 Å². The van der Waals surface area contributed by atoms with Crippen molar-refractivity contribution in [3.63, 3.8) is 0 Å². The van der Waals surface area contributed by atoms with E-state index in [-0.39, 0.29) is 5.54 Å². The Hall–Kier alpha value is -1.06. The fourth-order valence-electron chi connectivity index (χ4n) is 2.92. The van der Waals surface area contributed by atoms with E-state index >= 15 is 0 Å². The molecule has 120 valence electrons. The zero-order valence-corrected chi connectivity index (χ0v) is 14.4. The van der Waals surface area contributed by atoms with Crippen LogP contribution >= 0.6 is 0 Å². The highest BCUT2D eigenvalue weighted by molar-refractivity contribution is 5.27. The minimum atomic E-state index is 0.0926. The number of benzene rings is 1. The topological polar surface area (TPSA) is 38.5 Å².